The summed E-state index contributed by atoms with van der Waals surface area (Å²) in [6.45, 7) is 2.05. The molecule has 1 atom stereocenters. The molecule has 1 heterocycles. The van der Waals surface area contributed by atoms with Crippen LogP contribution in [0.25, 0.3) is 0 Å². The molecule has 0 aliphatic heterocycles. The maximum atomic E-state index is 13.0. The Balaban J connectivity index is 1.60. The quantitative estimate of drug-likeness (QED) is 0.753. The average Bonchev–Trinajstić information content (AvgIpc) is 2.64. The summed E-state index contributed by atoms with van der Waals surface area (Å²) >= 11 is 0. The number of aromatic nitrogens is 2. The number of hydrogen-bond donors (Lipinski definition) is 1. The lowest BCUT2D eigenvalue weighted by Gasteiger charge is -2.23. The normalized spacial score (nSPS) is 16.2. The third-order valence-electron chi connectivity index (χ3n) is 4.69. The minimum absolute atomic E-state index is 0.0742. The van der Waals surface area contributed by atoms with Crippen molar-refractivity contribution in [2.45, 2.75) is 25.7 Å². The van der Waals surface area contributed by atoms with Gasteiger partial charge in [-0.3, -0.25) is 4.79 Å². The molecule has 1 aromatic heterocycles. The van der Waals surface area contributed by atoms with Crippen LogP contribution >= 0.6 is 0 Å². The second-order valence-corrected chi connectivity index (χ2v) is 6.62. The van der Waals surface area contributed by atoms with Crippen molar-refractivity contribution in [3.05, 3.63) is 82.9 Å². The Morgan fingerprint density at radius 3 is 2.50 bits per heavy atom. The average molecular weight is 347 g/mol. The number of fused-ring (bicyclic) bond motifs is 1. The number of halogens is 1. The van der Waals surface area contributed by atoms with Gasteiger partial charge in [0.25, 0.3) is 0 Å². The first kappa shape index (κ1) is 16.4. The van der Waals surface area contributed by atoms with Gasteiger partial charge in [-0.05, 0) is 49.1 Å². The van der Waals surface area contributed by atoms with Crippen LogP contribution in [0.4, 0.5) is 16.0 Å². The highest BCUT2D eigenvalue weighted by atomic mass is 19.1. The summed E-state index contributed by atoms with van der Waals surface area (Å²) in [4.78, 5) is 21.3. The highest BCUT2D eigenvalue weighted by Gasteiger charge is 2.28. The van der Waals surface area contributed by atoms with E-state index in [4.69, 9.17) is 0 Å². The molecule has 130 valence electrons. The fourth-order valence-electron chi connectivity index (χ4n) is 3.24. The minimum Gasteiger partial charge on any atom is -0.324 e. The molecular weight excluding hydrogens is 329 g/mol. The van der Waals surface area contributed by atoms with Gasteiger partial charge in [0.1, 0.15) is 5.82 Å². The summed E-state index contributed by atoms with van der Waals surface area (Å²) < 4.78 is 13.0. The molecule has 0 spiro atoms. The first-order valence-electron chi connectivity index (χ1n) is 8.57. The SMILES string of the molecule is Cc1ccc(C2CC(=O)c3cnc(Nc4ccc(F)cc4)nc3C2)cc1. The van der Waals surface area contributed by atoms with Gasteiger partial charge in [-0.25, -0.2) is 14.4 Å². The van der Waals surface area contributed by atoms with Crippen molar-refractivity contribution in [2.24, 2.45) is 0 Å². The first-order valence-corrected chi connectivity index (χ1v) is 8.57. The van der Waals surface area contributed by atoms with Gasteiger partial charge in [-0.15, -0.1) is 0 Å². The number of nitrogens with zero attached hydrogens (tertiary/aromatic N) is 2. The predicted molar refractivity (Wildman–Crippen MR) is 98.3 cm³/mol. The van der Waals surface area contributed by atoms with E-state index in [2.05, 4.69) is 39.6 Å². The van der Waals surface area contributed by atoms with Gasteiger partial charge >= 0.3 is 0 Å². The molecule has 1 N–H and O–H groups in total. The van der Waals surface area contributed by atoms with Gasteiger partial charge in [-0.1, -0.05) is 29.8 Å². The van der Waals surface area contributed by atoms with Crippen molar-refractivity contribution in [3.8, 4) is 0 Å². The van der Waals surface area contributed by atoms with E-state index >= 15 is 0 Å². The number of aryl methyl sites for hydroxylation is 1. The van der Waals surface area contributed by atoms with E-state index in [0.717, 1.165) is 11.3 Å². The van der Waals surface area contributed by atoms with E-state index in [-0.39, 0.29) is 17.5 Å². The van der Waals surface area contributed by atoms with E-state index in [1.54, 1.807) is 18.3 Å². The van der Waals surface area contributed by atoms with Crippen molar-refractivity contribution < 1.29 is 9.18 Å². The lowest BCUT2D eigenvalue weighted by Crippen LogP contribution is -2.21. The Morgan fingerprint density at radius 1 is 1.04 bits per heavy atom. The first-order chi connectivity index (χ1) is 12.6. The topological polar surface area (TPSA) is 54.9 Å². The molecule has 4 rings (SSSR count). The van der Waals surface area contributed by atoms with Gasteiger partial charge in [0, 0.05) is 18.3 Å². The maximum absolute atomic E-state index is 13.0. The lowest BCUT2D eigenvalue weighted by molar-refractivity contribution is 0.0962. The summed E-state index contributed by atoms with van der Waals surface area (Å²) in [6.07, 6.45) is 2.76. The molecule has 1 unspecified atom stereocenters. The Labute approximate surface area is 151 Å². The van der Waals surface area contributed by atoms with Gasteiger partial charge in [0.15, 0.2) is 5.78 Å². The fourth-order valence-corrected chi connectivity index (χ4v) is 3.24. The number of rotatable bonds is 3. The van der Waals surface area contributed by atoms with Crippen LogP contribution in [-0.4, -0.2) is 15.8 Å². The van der Waals surface area contributed by atoms with Crippen molar-refractivity contribution >= 4 is 17.4 Å². The summed E-state index contributed by atoms with van der Waals surface area (Å²) in [7, 11) is 0. The third kappa shape index (κ3) is 3.33. The van der Waals surface area contributed by atoms with E-state index in [1.165, 1.54) is 17.7 Å². The van der Waals surface area contributed by atoms with Crippen LogP contribution in [0.1, 0.15) is 39.5 Å². The summed E-state index contributed by atoms with van der Waals surface area (Å²) in [5.74, 6) is 0.315. The monoisotopic (exact) mass is 347 g/mol. The standard InChI is InChI=1S/C21H18FN3O/c1-13-2-4-14(5-3-13)15-10-19-18(20(26)11-15)12-23-21(25-19)24-17-8-6-16(22)7-9-17/h2-9,12,15H,10-11H2,1H3,(H,23,24,25). The van der Waals surface area contributed by atoms with Crippen LogP contribution in [0.15, 0.2) is 54.7 Å². The second-order valence-electron chi connectivity index (χ2n) is 6.62. The number of anilines is 2. The molecule has 1 aliphatic rings. The Bertz CT molecular complexity index is 952. The van der Waals surface area contributed by atoms with E-state index in [9.17, 15) is 9.18 Å². The molecule has 4 nitrogen and oxygen atoms in total. The van der Waals surface area contributed by atoms with Crippen molar-refractivity contribution in [1.82, 2.24) is 9.97 Å². The number of nitrogens with one attached hydrogen (secondary N) is 1. The summed E-state index contributed by atoms with van der Waals surface area (Å²) in [5.41, 5.74) is 4.40. The molecule has 3 aromatic rings. The van der Waals surface area contributed by atoms with E-state index in [0.29, 0.717) is 30.0 Å². The van der Waals surface area contributed by atoms with Crippen LogP contribution in [0.3, 0.4) is 0 Å². The molecule has 1 aliphatic carbocycles. The molecule has 5 heteroatoms. The van der Waals surface area contributed by atoms with Crippen molar-refractivity contribution in [3.63, 3.8) is 0 Å². The Kier molecular flexibility index (Phi) is 4.21. The van der Waals surface area contributed by atoms with Crippen LogP contribution in [0.5, 0.6) is 0 Å². The zero-order valence-corrected chi connectivity index (χ0v) is 14.4. The highest BCUT2D eigenvalue weighted by Crippen LogP contribution is 2.32. The molecule has 0 radical (unpaired) electrons. The number of carbonyl (C=O) groups is 1. The maximum Gasteiger partial charge on any atom is 0.227 e. The lowest BCUT2D eigenvalue weighted by atomic mass is 9.82. The zero-order chi connectivity index (χ0) is 18.1. The van der Waals surface area contributed by atoms with Crippen molar-refractivity contribution in [1.29, 1.82) is 0 Å². The van der Waals surface area contributed by atoms with Crippen LogP contribution in [0, 0.1) is 12.7 Å². The molecule has 0 amide bonds. The highest BCUT2D eigenvalue weighted by molar-refractivity contribution is 5.98. The number of Topliss-reactive ketones (excluding diaryl/α,β-unsaturated/α-hetero) is 1. The van der Waals surface area contributed by atoms with Gasteiger partial charge in [0.2, 0.25) is 5.95 Å². The van der Waals surface area contributed by atoms with Crippen LogP contribution < -0.4 is 5.32 Å². The van der Waals surface area contributed by atoms with Gasteiger partial charge in [-0.2, -0.15) is 0 Å². The number of hydrogen-bond acceptors (Lipinski definition) is 4. The van der Waals surface area contributed by atoms with E-state index in [1.807, 2.05) is 6.92 Å². The molecular formula is C21H18FN3O. The van der Waals surface area contributed by atoms with Gasteiger partial charge < -0.3 is 5.32 Å². The Morgan fingerprint density at radius 2 is 1.77 bits per heavy atom. The smallest absolute Gasteiger partial charge is 0.227 e. The van der Waals surface area contributed by atoms with Gasteiger partial charge in [0.05, 0.1) is 11.3 Å². The summed E-state index contributed by atoms with van der Waals surface area (Å²) in [5, 5.41) is 3.06. The van der Waals surface area contributed by atoms with Crippen LogP contribution in [0.2, 0.25) is 0 Å². The molecule has 0 bridgehead atoms. The molecule has 0 saturated carbocycles. The second kappa shape index (κ2) is 6.67. The molecule has 0 saturated heterocycles. The van der Waals surface area contributed by atoms with Crippen molar-refractivity contribution in [2.75, 3.05) is 5.32 Å². The molecule has 2 aromatic carbocycles. The van der Waals surface area contributed by atoms with Crippen LogP contribution in [-0.2, 0) is 6.42 Å². The largest absolute Gasteiger partial charge is 0.324 e. The summed E-state index contributed by atoms with van der Waals surface area (Å²) in [6, 6.07) is 14.3. The number of benzene rings is 2. The minimum atomic E-state index is -0.298. The van der Waals surface area contributed by atoms with E-state index < -0.39 is 0 Å². The number of ketones is 1. The zero-order valence-electron chi connectivity index (χ0n) is 14.4. The molecule has 26 heavy (non-hydrogen) atoms. The third-order valence-corrected chi connectivity index (χ3v) is 4.69. The Hall–Kier alpha value is -3.08. The predicted octanol–water partition coefficient (Wildman–Crippen LogP) is 4.58. The fraction of sp³-hybridized carbons (Fsp3) is 0.190. The molecule has 0 fully saturated rings. The number of carbonyl (C=O) groups excluding carboxylic acids is 1.